The number of hydrogen-bond acceptors (Lipinski definition) is 4. The molecule has 0 spiro atoms. The average Bonchev–Trinajstić information content (AvgIpc) is 2.61. The van der Waals surface area contributed by atoms with Crippen LogP contribution in [0.4, 0.5) is 17.2 Å². The molecule has 0 saturated carbocycles. The third-order valence-electron chi connectivity index (χ3n) is 3.71. The van der Waals surface area contributed by atoms with Gasteiger partial charge in [0.1, 0.15) is 5.82 Å². The number of anilines is 3. The lowest BCUT2D eigenvalue weighted by atomic mass is 10.2. The molecule has 1 aromatic carbocycles. The lowest BCUT2D eigenvalue weighted by Crippen LogP contribution is -2.20. The number of pyridine rings is 1. The van der Waals surface area contributed by atoms with Gasteiger partial charge in [0.25, 0.3) is 5.91 Å². The van der Waals surface area contributed by atoms with Gasteiger partial charge in [-0.2, -0.15) is 0 Å². The number of carbonyl (C=O) groups excluding carboxylic acids is 2. The van der Waals surface area contributed by atoms with Crippen molar-refractivity contribution in [1.82, 2.24) is 4.98 Å². The molecular formula is C19H24N4O2. The number of amides is 2. The molecule has 25 heavy (non-hydrogen) atoms. The van der Waals surface area contributed by atoms with Gasteiger partial charge in [-0.05, 0) is 42.8 Å². The predicted molar refractivity (Wildman–Crippen MR) is 101 cm³/mol. The lowest BCUT2D eigenvalue weighted by molar-refractivity contribution is -0.114. The second-order valence-electron chi connectivity index (χ2n) is 5.89. The highest BCUT2D eigenvalue weighted by Gasteiger charge is 2.08. The van der Waals surface area contributed by atoms with Crippen LogP contribution in [0.2, 0.25) is 0 Å². The Labute approximate surface area is 148 Å². The summed E-state index contributed by atoms with van der Waals surface area (Å²) < 4.78 is 0. The molecule has 2 rings (SSSR count). The highest BCUT2D eigenvalue weighted by Crippen LogP contribution is 2.15. The fourth-order valence-corrected chi connectivity index (χ4v) is 2.30. The summed E-state index contributed by atoms with van der Waals surface area (Å²) in [5.74, 6) is 0.499. The Morgan fingerprint density at radius 2 is 1.68 bits per heavy atom. The molecule has 2 amide bonds. The van der Waals surface area contributed by atoms with Crippen molar-refractivity contribution in [2.24, 2.45) is 0 Å². The molecule has 6 nitrogen and oxygen atoms in total. The summed E-state index contributed by atoms with van der Waals surface area (Å²) in [7, 11) is 1.99. The van der Waals surface area contributed by atoms with Crippen LogP contribution in [0.15, 0.2) is 42.6 Å². The normalized spacial score (nSPS) is 10.2. The van der Waals surface area contributed by atoms with E-state index < -0.39 is 0 Å². The van der Waals surface area contributed by atoms with Gasteiger partial charge in [-0.1, -0.05) is 13.3 Å². The molecule has 1 aromatic heterocycles. The average molecular weight is 340 g/mol. The molecule has 0 atom stereocenters. The maximum atomic E-state index is 12.3. The van der Waals surface area contributed by atoms with Crippen molar-refractivity contribution >= 4 is 29.0 Å². The van der Waals surface area contributed by atoms with E-state index in [2.05, 4.69) is 27.4 Å². The Balaban J connectivity index is 1.97. The minimum atomic E-state index is -0.220. The molecule has 0 aliphatic heterocycles. The number of nitrogens with zero attached hydrogens (tertiary/aromatic N) is 2. The first-order valence-corrected chi connectivity index (χ1v) is 8.35. The lowest BCUT2D eigenvalue weighted by Gasteiger charge is -2.17. The number of unbranched alkanes of at least 4 members (excludes halogenated alkanes) is 1. The van der Waals surface area contributed by atoms with Crippen LogP contribution >= 0.6 is 0 Å². The summed E-state index contributed by atoms with van der Waals surface area (Å²) in [6.07, 6.45) is 3.82. The number of benzene rings is 1. The molecule has 132 valence electrons. The topological polar surface area (TPSA) is 74.3 Å². The van der Waals surface area contributed by atoms with Gasteiger partial charge in [-0.15, -0.1) is 0 Å². The maximum absolute atomic E-state index is 12.3. The van der Waals surface area contributed by atoms with Crippen molar-refractivity contribution in [3.63, 3.8) is 0 Å². The fourth-order valence-electron chi connectivity index (χ4n) is 2.30. The zero-order chi connectivity index (χ0) is 18.2. The van der Waals surface area contributed by atoms with Crippen molar-refractivity contribution in [2.45, 2.75) is 26.7 Å². The van der Waals surface area contributed by atoms with Crippen LogP contribution in [0.5, 0.6) is 0 Å². The first-order chi connectivity index (χ1) is 12.0. The Morgan fingerprint density at radius 1 is 1.04 bits per heavy atom. The quantitative estimate of drug-likeness (QED) is 0.808. The van der Waals surface area contributed by atoms with Crippen LogP contribution in [0.25, 0.3) is 0 Å². The SMILES string of the molecule is CCCCN(C)c1ccc(C(=O)Nc2ccc(NC(C)=O)cc2)cn1. The van der Waals surface area contributed by atoms with E-state index in [4.69, 9.17) is 0 Å². The molecule has 2 aromatic rings. The van der Waals surface area contributed by atoms with Crippen molar-refractivity contribution in [2.75, 3.05) is 29.1 Å². The second kappa shape index (κ2) is 8.82. The van der Waals surface area contributed by atoms with Crippen LogP contribution in [0.1, 0.15) is 37.0 Å². The molecule has 0 unspecified atom stereocenters. The van der Waals surface area contributed by atoms with Gasteiger partial charge >= 0.3 is 0 Å². The van der Waals surface area contributed by atoms with E-state index in [9.17, 15) is 9.59 Å². The molecule has 0 aliphatic carbocycles. The van der Waals surface area contributed by atoms with E-state index in [-0.39, 0.29) is 11.8 Å². The smallest absolute Gasteiger partial charge is 0.257 e. The molecule has 6 heteroatoms. The molecule has 0 radical (unpaired) electrons. The Hall–Kier alpha value is -2.89. The summed E-state index contributed by atoms with van der Waals surface area (Å²) in [6, 6.07) is 10.6. The van der Waals surface area contributed by atoms with Gasteiger partial charge < -0.3 is 15.5 Å². The van der Waals surface area contributed by atoms with Crippen LogP contribution in [-0.4, -0.2) is 30.4 Å². The Kier molecular flexibility index (Phi) is 6.51. The first kappa shape index (κ1) is 18.4. The Morgan fingerprint density at radius 3 is 2.20 bits per heavy atom. The summed E-state index contributed by atoms with van der Waals surface area (Å²) in [5.41, 5.74) is 1.84. The summed E-state index contributed by atoms with van der Waals surface area (Å²) >= 11 is 0. The van der Waals surface area contributed by atoms with Gasteiger partial charge in [-0.3, -0.25) is 9.59 Å². The Bertz CT molecular complexity index is 711. The van der Waals surface area contributed by atoms with Crippen molar-refractivity contribution < 1.29 is 9.59 Å². The summed E-state index contributed by atoms with van der Waals surface area (Å²) in [4.78, 5) is 29.7. The first-order valence-electron chi connectivity index (χ1n) is 8.35. The van der Waals surface area contributed by atoms with Gasteiger partial charge in [0, 0.05) is 38.1 Å². The zero-order valence-electron chi connectivity index (χ0n) is 14.9. The van der Waals surface area contributed by atoms with Crippen LogP contribution < -0.4 is 15.5 Å². The highest BCUT2D eigenvalue weighted by molar-refractivity contribution is 6.04. The number of rotatable bonds is 7. The van der Waals surface area contributed by atoms with Crippen molar-refractivity contribution in [1.29, 1.82) is 0 Å². The molecular weight excluding hydrogens is 316 g/mol. The van der Waals surface area contributed by atoms with Crippen molar-refractivity contribution in [3.05, 3.63) is 48.2 Å². The summed E-state index contributed by atoms with van der Waals surface area (Å²) in [5, 5.41) is 5.50. The standard InChI is InChI=1S/C19H24N4O2/c1-4-5-12-23(3)18-11-6-15(13-20-18)19(25)22-17-9-7-16(8-10-17)21-14(2)24/h6-11,13H,4-5,12H2,1-3H3,(H,21,24)(H,22,25). The zero-order valence-corrected chi connectivity index (χ0v) is 14.9. The largest absolute Gasteiger partial charge is 0.360 e. The molecule has 0 aliphatic rings. The molecule has 0 saturated heterocycles. The van der Waals surface area contributed by atoms with Gasteiger partial charge in [0.15, 0.2) is 0 Å². The van der Waals surface area contributed by atoms with Gasteiger partial charge in [0.2, 0.25) is 5.91 Å². The monoisotopic (exact) mass is 340 g/mol. The molecule has 0 fully saturated rings. The maximum Gasteiger partial charge on any atom is 0.257 e. The minimum absolute atomic E-state index is 0.133. The third-order valence-corrected chi connectivity index (χ3v) is 3.71. The fraction of sp³-hybridized carbons (Fsp3) is 0.316. The van der Waals surface area contributed by atoms with Gasteiger partial charge in [0.05, 0.1) is 5.56 Å². The van der Waals surface area contributed by atoms with Crippen LogP contribution in [0, 0.1) is 0 Å². The van der Waals surface area contributed by atoms with E-state index in [0.29, 0.717) is 16.9 Å². The number of nitrogens with one attached hydrogen (secondary N) is 2. The van der Waals surface area contributed by atoms with E-state index in [1.165, 1.54) is 6.92 Å². The van der Waals surface area contributed by atoms with Crippen LogP contribution in [-0.2, 0) is 4.79 Å². The molecule has 2 N–H and O–H groups in total. The number of aromatic nitrogens is 1. The minimum Gasteiger partial charge on any atom is -0.360 e. The second-order valence-corrected chi connectivity index (χ2v) is 5.89. The predicted octanol–water partition coefficient (Wildman–Crippen LogP) is 3.53. The van der Waals surface area contributed by atoms with E-state index in [1.54, 1.807) is 36.5 Å². The van der Waals surface area contributed by atoms with Crippen molar-refractivity contribution in [3.8, 4) is 0 Å². The number of carbonyl (C=O) groups is 2. The van der Waals surface area contributed by atoms with E-state index in [0.717, 1.165) is 25.2 Å². The number of hydrogen-bond donors (Lipinski definition) is 2. The molecule has 1 heterocycles. The molecule has 0 bridgehead atoms. The van der Waals surface area contributed by atoms with E-state index >= 15 is 0 Å². The van der Waals surface area contributed by atoms with Crippen LogP contribution in [0.3, 0.4) is 0 Å². The van der Waals surface area contributed by atoms with E-state index in [1.807, 2.05) is 13.1 Å². The summed E-state index contributed by atoms with van der Waals surface area (Å²) in [6.45, 7) is 4.54. The van der Waals surface area contributed by atoms with Gasteiger partial charge in [-0.25, -0.2) is 4.98 Å². The highest BCUT2D eigenvalue weighted by atomic mass is 16.2. The third kappa shape index (κ3) is 5.60.